The normalized spacial score (nSPS) is 26.8. The third kappa shape index (κ3) is 10.1. The quantitative estimate of drug-likeness (QED) is 0.275. The topological polar surface area (TPSA) is 129 Å². The molecule has 1 aromatic carbocycles. The number of anilines is 1. The van der Waals surface area contributed by atoms with Gasteiger partial charge in [-0.2, -0.15) is 0 Å². The van der Waals surface area contributed by atoms with Crippen LogP contribution in [0.5, 0.6) is 0 Å². The van der Waals surface area contributed by atoms with Gasteiger partial charge in [0.15, 0.2) is 0 Å². The molecule has 246 valence electrons. The highest BCUT2D eigenvalue weighted by Crippen LogP contribution is 2.27. The number of cyclic esters (lactones) is 1. The SMILES string of the molecule is C/C(=C\c1cc(F)cc(N2CCN(CC(=O)O)CC2)c1)[C@H]1OC(=O)CC(=O)CC[C@H](C)[C@@H](OC(=O)N2CCNCC2)/C=C/[C@@H]1C. The molecule has 11 nitrogen and oxygen atoms in total. The van der Waals surface area contributed by atoms with Crippen LogP contribution in [0.15, 0.2) is 35.9 Å². The van der Waals surface area contributed by atoms with Crippen LogP contribution >= 0.6 is 0 Å². The van der Waals surface area contributed by atoms with Gasteiger partial charge in [0.1, 0.15) is 30.2 Å². The van der Waals surface area contributed by atoms with E-state index in [1.54, 1.807) is 17.9 Å². The van der Waals surface area contributed by atoms with Crippen LogP contribution in [0.2, 0.25) is 0 Å². The number of hydrogen-bond donors (Lipinski definition) is 2. The zero-order valence-electron chi connectivity index (χ0n) is 26.4. The smallest absolute Gasteiger partial charge is 0.410 e. The molecule has 0 aromatic heterocycles. The highest BCUT2D eigenvalue weighted by atomic mass is 19.1. The lowest BCUT2D eigenvalue weighted by Crippen LogP contribution is -2.48. The number of carbonyl (C=O) groups excluding carboxylic acids is 3. The summed E-state index contributed by atoms with van der Waals surface area (Å²) in [5.41, 5.74) is 1.93. The summed E-state index contributed by atoms with van der Waals surface area (Å²) in [4.78, 5) is 55.0. The van der Waals surface area contributed by atoms with E-state index in [9.17, 15) is 23.6 Å². The van der Waals surface area contributed by atoms with E-state index in [2.05, 4.69) is 5.32 Å². The molecule has 4 atom stereocenters. The van der Waals surface area contributed by atoms with E-state index in [0.29, 0.717) is 75.6 Å². The monoisotopic (exact) mass is 628 g/mol. The minimum atomic E-state index is -0.876. The third-order valence-corrected chi connectivity index (χ3v) is 8.58. The number of rotatable bonds is 6. The second-order valence-electron chi connectivity index (χ2n) is 12.3. The Morgan fingerprint density at radius 2 is 1.78 bits per heavy atom. The lowest BCUT2D eigenvalue weighted by atomic mass is 9.92. The number of aliphatic carboxylic acids is 1. The molecule has 2 N–H and O–H groups in total. The fourth-order valence-electron chi connectivity index (χ4n) is 5.93. The second kappa shape index (κ2) is 16.0. The molecule has 3 aliphatic heterocycles. The number of carboxylic acids is 1. The van der Waals surface area contributed by atoms with E-state index in [-0.39, 0.29) is 37.0 Å². The van der Waals surface area contributed by atoms with Gasteiger partial charge in [-0.1, -0.05) is 26.0 Å². The Bertz CT molecular complexity index is 1290. The van der Waals surface area contributed by atoms with E-state index in [1.165, 1.54) is 12.1 Å². The van der Waals surface area contributed by atoms with Gasteiger partial charge in [-0.05, 0) is 54.7 Å². The van der Waals surface area contributed by atoms with Crippen LogP contribution in [0.1, 0.15) is 45.6 Å². The van der Waals surface area contributed by atoms with E-state index in [0.717, 1.165) is 0 Å². The number of Topliss-reactive ketones (excluding diaryl/α,β-unsaturated/α-hetero) is 1. The number of halogens is 1. The molecule has 3 heterocycles. The number of ketones is 1. The largest absolute Gasteiger partial charge is 0.480 e. The van der Waals surface area contributed by atoms with Crippen LogP contribution in [0, 0.1) is 17.7 Å². The molecule has 0 bridgehead atoms. The van der Waals surface area contributed by atoms with Gasteiger partial charge in [0.05, 0.1) is 6.54 Å². The first-order valence-corrected chi connectivity index (χ1v) is 15.7. The molecular formula is C33H45FN4O7. The molecule has 12 heteroatoms. The highest BCUT2D eigenvalue weighted by molar-refractivity contribution is 5.95. The molecule has 0 spiro atoms. The van der Waals surface area contributed by atoms with E-state index < -0.39 is 36.1 Å². The van der Waals surface area contributed by atoms with Gasteiger partial charge < -0.3 is 29.7 Å². The molecule has 1 aromatic rings. The maximum Gasteiger partial charge on any atom is 0.410 e. The Labute approximate surface area is 264 Å². The van der Waals surface area contributed by atoms with Gasteiger partial charge in [-0.3, -0.25) is 19.3 Å². The van der Waals surface area contributed by atoms with Gasteiger partial charge in [-0.15, -0.1) is 0 Å². The van der Waals surface area contributed by atoms with Gasteiger partial charge in [0.2, 0.25) is 0 Å². The van der Waals surface area contributed by atoms with Crippen LogP contribution in [-0.2, 0) is 23.9 Å². The Balaban J connectivity index is 1.54. The number of carboxylic acid groups (broad SMARTS) is 1. The van der Waals surface area contributed by atoms with Gasteiger partial charge in [0.25, 0.3) is 0 Å². The summed E-state index contributed by atoms with van der Waals surface area (Å²) in [6, 6.07) is 4.71. The molecule has 45 heavy (non-hydrogen) atoms. The molecule has 0 aliphatic carbocycles. The number of piperazine rings is 2. The lowest BCUT2D eigenvalue weighted by Gasteiger charge is -2.35. The zero-order chi connectivity index (χ0) is 32.5. The van der Waals surface area contributed by atoms with Crippen molar-refractivity contribution in [2.24, 2.45) is 11.8 Å². The second-order valence-corrected chi connectivity index (χ2v) is 12.3. The number of benzene rings is 1. The number of carbonyl (C=O) groups is 4. The predicted molar refractivity (Wildman–Crippen MR) is 167 cm³/mol. The van der Waals surface area contributed by atoms with Crippen molar-refractivity contribution in [1.82, 2.24) is 15.1 Å². The summed E-state index contributed by atoms with van der Waals surface area (Å²) in [5, 5.41) is 12.3. The molecule has 4 rings (SSSR count). The minimum absolute atomic E-state index is 0.0270. The maximum atomic E-state index is 14.8. The number of hydrogen-bond acceptors (Lipinski definition) is 9. The number of esters is 1. The van der Waals surface area contributed by atoms with Crippen LogP contribution < -0.4 is 10.2 Å². The van der Waals surface area contributed by atoms with Gasteiger partial charge >= 0.3 is 18.0 Å². The van der Waals surface area contributed by atoms with E-state index in [4.69, 9.17) is 14.6 Å². The van der Waals surface area contributed by atoms with Gasteiger partial charge in [0, 0.05) is 70.4 Å². The van der Waals surface area contributed by atoms with Crippen molar-refractivity contribution in [2.45, 2.75) is 52.2 Å². The van der Waals surface area contributed by atoms with Crippen molar-refractivity contribution < 1.29 is 38.1 Å². The molecule has 0 unspecified atom stereocenters. The summed E-state index contributed by atoms with van der Waals surface area (Å²) in [7, 11) is 0. The van der Waals surface area contributed by atoms with E-state index in [1.807, 2.05) is 41.9 Å². The Morgan fingerprint density at radius 1 is 1.07 bits per heavy atom. The molecular weight excluding hydrogens is 583 g/mol. The van der Waals surface area contributed by atoms with Crippen molar-refractivity contribution in [3.8, 4) is 0 Å². The summed E-state index contributed by atoms with van der Waals surface area (Å²) in [6.07, 6.45) is 4.04. The van der Waals surface area contributed by atoms with Gasteiger partial charge in [-0.25, -0.2) is 9.18 Å². The van der Waals surface area contributed by atoms with Crippen molar-refractivity contribution in [2.75, 3.05) is 63.8 Å². The first-order chi connectivity index (χ1) is 21.5. The highest BCUT2D eigenvalue weighted by Gasteiger charge is 2.29. The van der Waals surface area contributed by atoms with E-state index >= 15 is 0 Å². The van der Waals surface area contributed by atoms with Crippen LogP contribution in [-0.4, -0.2) is 110 Å². The average molecular weight is 629 g/mol. The standard InChI is InChI=1S/C33H45FN4O7/c1-22-4-6-28(39)20-31(42)45-32(23(2)5-7-29(22)44-33(43)38-10-8-35-9-11-38)24(3)16-25-17-26(34)19-27(18-25)37-14-12-36(13-15-37)21-30(40)41/h5,7,16-19,22-23,29,32,35H,4,6,8-15,20-21H2,1-3H3,(H,40,41)/b7-5+,24-16+/t22-,23-,29-,32-/m0/s1. The number of nitrogens with zero attached hydrogens (tertiary/aromatic N) is 3. The molecule has 3 aliphatic rings. The van der Waals surface area contributed by atoms with Crippen LogP contribution in [0.3, 0.4) is 0 Å². The number of amides is 1. The maximum absolute atomic E-state index is 14.8. The summed E-state index contributed by atoms with van der Waals surface area (Å²) >= 11 is 0. The molecule has 2 fully saturated rings. The number of ether oxygens (including phenoxy) is 2. The third-order valence-electron chi connectivity index (χ3n) is 8.58. The fraction of sp³-hybridized carbons (Fsp3) is 0.576. The van der Waals surface area contributed by atoms with Crippen molar-refractivity contribution in [3.63, 3.8) is 0 Å². The Morgan fingerprint density at radius 3 is 2.47 bits per heavy atom. The molecule has 2 saturated heterocycles. The average Bonchev–Trinajstić information content (AvgIpc) is 3.00. The lowest BCUT2D eigenvalue weighted by molar-refractivity contribution is -0.150. The molecule has 1 amide bonds. The zero-order valence-corrected chi connectivity index (χ0v) is 26.4. The summed E-state index contributed by atoms with van der Waals surface area (Å²) < 4.78 is 26.6. The Hall–Kier alpha value is -3.77. The van der Waals surface area contributed by atoms with Crippen molar-refractivity contribution in [3.05, 3.63) is 47.3 Å². The minimum Gasteiger partial charge on any atom is -0.480 e. The van der Waals surface area contributed by atoms with Crippen LogP contribution in [0.4, 0.5) is 14.9 Å². The first kappa shape index (κ1) is 34.1. The van der Waals surface area contributed by atoms with Crippen molar-refractivity contribution in [1.29, 1.82) is 0 Å². The number of nitrogens with one attached hydrogen (secondary N) is 1. The van der Waals surface area contributed by atoms with Crippen LogP contribution in [0.25, 0.3) is 6.08 Å². The fourth-order valence-corrected chi connectivity index (χ4v) is 5.93. The summed E-state index contributed by atoms with van der Waals surface area (Å²) in [5.74, 6) is -2.65. The first-order valence-electron chi connectivity index (χ1n) is 15.7. The summed E-state index contributed by atoms with van der Waals surface area (Å²) in [6.45, 7) is 10.3. The Kier molecular flexibility index (Phi) is 12.1. The predicted octanol–water partition coefficient (Wildman–Crippen LogP) is 3.34. The molecule has 0 saturated carbocycles. The molecule has 0 radical (unpaired) electrons. The van der Waals surface area contributed by atoms with Crippen molar-refractivity contribution >= 4 is 35.6 Å².